The number of hydrogen-bond donors (Lipinski definition) is 2. The zero-order valence-electron chi connectivity index (χ0n) is 16.9. The smallest absolute Gasteiger partial charge is 0.227 e. The van der Waals surface area contributed by atoms with Crippen LogP contribution < -0.4 is 10.6 Å². The van der Waals surface area contributed by atoms with E-state index in [1.807, 2.05) is 37.0 Å². The molecular formula is C20H29N7O. The highest BCUT2D eigenvalue weighted by Crippen LogP contribution is 2.26. The second-order valence-corrected chi connectivity index (χ2v) is 7.13. The number of aromatic nitrogens is 3. The second kappa shape index (κ2) is 9.34. The van der Waals surface area contributed by atoms with E-state index in [2.05, 4.69) is 43.7 Å². The van der Waals surface area contributed by atoms with Crippen LogP contribution in [0.4, 0.5) is 5.82 Å². The number of likely N-dealkylation sites (tertiary alicyclic amines) is 1. The van der Waals surface area contributed by atoms with Gasteiger partial charge in [0.2, 0.25) is 5.91 Å². The van der Waals surface area contributed by atoms with E-state index in [0.717, 1.165) is 37.6 Å². The van der Waals surface area contributed by atoms with E-state index in [9.17, 15) is 4.79 Å². The normalized spacial score (nSPS) is 17.0. The number of carbonyl (C=O) groups is 1. The van der Waals surface area contributed by atoms with Gasteiger partial charge in [0, 0.05) is 51.4 Å². The van der Waals surface area contributed by atoms with E-state index in [1.165, 1.54) is 5.56 Å². The molecule has 1 aliphatic heterocycles. The van der Waals surface area contributed by atoms with Gasteiger partial charge in [0.1, 0.15) is 5.82 Å². The van der Waals surface area contributed by atoms with Crippen molar-refractivity contribution in [1.82, 2.24) is 25.0 Å². The lowest BCUT2D eigenvalue weighted by atomic mass is 10.0. The maximum Gasteiger partial charge on any atom is 0.227 e. The molecule has 8 nitrogen and oxygen atoms in total. The van der Waals surface area contributed by atoms with Gasteiger partial charge in [0.05, 0.1) is 12.7 Å². The molecule has 2 aromatic rings. The van der Waals surface area contributed by atoms with Crippen molar-refractivity contribution in [3.05, 3.63) is 41.9 Å². The van der Waals surface area contributed by atoms with Crippen LogP contribution in [0.1, 0.15) is 36.8 Å². The average molecular weight is 384 g/mol. The van der Waals surface area contributed by atoms with Crippen LogP contribution in [0.15, 0.2) is 35.7 Å². The van der Waals surface area contributed by atoms with Crippen LogP contribution >= 0.6 is 0 Å². The van der Waals surface area contributed by atoms with Gasteiger partial charge in [-0.25, -0.2) is 4.98 Å². The lowest BCUT2D eigenvalue weighted by Gasteiger charge is -2.21. The summed E-state index contributed by atoms with van der Waals surface area (Å²) in [5.74, 6) is 1.83. The maximum atomic E-state index is 12.1. The fraction of sp³-hybridized carbons (Fsp3) is 0.500. The Labute approximate surface area is 166 Å². The van der Waals surface area contributed by atoms with E-state index in [0.29, 0.717) is 24.7 Å². The molecule has 28 heavy (non-hydrogen) atoms. The molecule has 8 heteroatoms. The molecule has 2 N–H and O–H groups in total. The van der Waals surface area contributed by atoms with Crippen molar-refractivity contribution in [2.45, 2.75) is 32.6 Å². The number of nitrogens with one attached hydrogen (secondary N) is 2. The average Bonchev–Trinajstić information content (AvgIpc) is 3.32. The van der Waals surface area contributed by atoms with E-state index in [-0.39, 0.29) is 5.91 Å². The van der Waals surface area contributed by atoms with E-state index < -0.39 is 0 Å². The molecule has 1 saturated heterocycles. The first-order valence-corrected chi connectivity index (χ1v) is 9.79. The fourth-order valence-electron chi connectivity index (χ4n) is 3.31. The van der Waals surface area contributed by atoms with Crippen molar-refractivity contribution >= 4 is 17.7 Å². The molecule has 1 atom stereocenters. The lowest BCUT2D eigenvalue weighted by molar-refractivity contribution is -0.116. The first-order chi connectivity index (χ1) is 13.5. The zero-order chi connectivity index (χ0) is 19.9. The lowest BCUT2D eigenvalue weighted by Crippen LogP contribution is -2.40. The molecule has 3 heterocycles. The van der Waals surface area contributed by atoms with Crippen molar-refractivity contribution in [2.75, 3.05) is 31.5 Å². The van der Waals surface area contributed by atoms with Gasteiger partial charge in [-0.05, 0) is 37.5 Å². The monoisotopic (exact) mass is 383 g/mol. The number of amides is 1. The SMILES string of the molecule is CCNC(=NCCC(=O)Nc1ccc(C)cn1)N1CCC(c2cnn(C)c2)C1. The summed E-state index contributed by atoms with van der Waals surface area (Å²) in [4.78, 5) is 23.2. The Hall–Kier alpha value is -2.90. The Bertz CT molecular complexity index is 812. The molecular weight excluding hydrogens is 354 g/mol. The standard InChI is InChI=1S/C20H29N7O/c1-4-21-20(27-10-8-16(14-27)17-12-24-26(3)13-17)22-9-7-19(28)25-18-6-5-15(2)11-23-18/h5-6,11-13,16H,4,7-10,14H2,1-3H3,(H,21,22)(H,23,25,28). The predicted molar refractivity (Wildman–Crippen MR) is 110 cm³/mol. The van der Waals surface area contributed by atoms with Crippen LogP contribution in [-0.2, 0) is 11.8 Å². The summed E-state index contributed by atoms with van der Waals surface area (Å²) in [7, 11) is 1.94. The molecule has 0 spiro atoms. The van der Waals surface area contributed by atoms with Gasteiger partial charge in [-0.1, -0.05) is 6.07 Å². The minimum atomic E-state index is -0.0781. The molecule has 0 radical (unpaired) electrons. The number of hydrogen-bond acceptors (Lipinski definition) is 4. The minimum absolute atomic E-state index is 0.0781. The Morgan fingerprint density at radius 3 is 2.89 bits per heavy atom. The molecule has 0 bridgehead atoms. The van der Waals surface area contributed by atoms with Gasteiger partial charge >= 0.3 is 0 Å². The number of guanidine groups is 1. The van der Waals surface area contributed by atoms with Crippen molar-refractivity contribution in [3.8, 4) is 0 Å². The summed E-state index contributed by atoms with van der Waals surface area (Å²) in [6.45, 7) is 7.12. The molecule has 1 amide bonds. The third-order valence-electron chi connectivity index (χ3n) is 4.80. The summed E-state index contributed by atoms with van der Waals surface area (Å²) in [5.41, 5.74) is 2.33. The molecule has 150 valence electrons. The Balaban J connectivity index is 1.52. The number of aliphatic imine (C=N–C) groups is 1. The molecule has 1 unspecified atom stereocenters. The highest BCUT2D eigenvalue weighted by atomic mass is 16.1. The van der Waals surface area contributed by atoms with E-state index >= 15 is 0 Å². The molecule has 2 aromatic heterocycles. The second-order valence-electron chi connectivity index (χ2n) is 7.13. The van der Waals surface area contributed by atoms with E-state index in [1.54, 1.807) is 6.20 Å². The van der Waals surface area contributed by atoms with Crippen LogP contribution in [-0.4, -0.2) is 57.7 Å². The van der Waals surface area contributed by atoms with Crippen molar-refractivity contribution in [2.24, 2.45) is 12.0 Å². The Morgan fingerprint density at radius 1 is 1.36 bits per heavy atom. The molecule has 0 saturated carbocycles. The van der Waals surface area contributed by atoms with Gasteiger partial charge < -0.3 is 15.5 Å². The minimum Gasteiger partial charge on any atom is -0.357 e. The topological polar surface area (TPSA) is 87.4 Å². The number of anilines is 1. The molecule has 0 aromatic carbocycles. The molecule has 3 rings (SSSR count). The van der Waals surface area contributed by atoms with Gasteiger partial charge in [-0.3, -0.25) is 14.5 Å². The Morgan fingerprint density at radius 2 is 2.21 bits per heavy atom. The van der Waals surface area contributed by atoms with Gasteiger partial charge in [-0.15, -0.1) is 0 Å². The zero-order valence-corrected chi connectivity index (χ0v) is 16.9. The predicted octanol–water partition coefficient (Wildman–Crippen LogP) is 1.91. The number of rotatable bonds is 6. The molecule has 1 fully saturated rings. The largest absolute Gasteiger partial charge is 0.357 e. The number of aryl methyl sites for hydroxylation is 2. The Kier molecular flexibility index (Phi) is 6.62. The molecule has 0 aliphatic carbocycles. The van der Waals surface area contributed by atoms with Crippen LogP contribution in [0.2, 0.25) is 0 Å². The van der Waals surface area contributed by atoms with Crippen molar-refractivity contribution in [3.63, 3.8) is 0 Å². The summed E-state index contributed by atoms with van der Waals surface area (Å²) in [6, 6.07) is 3.74. The highest BCUT2D eigenvalue weighted by molar-refractivity contribution is 5.90. The summed E-state index contributed by atoms with van der Waals surface area (Å²) >= 11 is 0. The number of pyridine rings is 1. The van der Waals surface area contributed by atoms with Crippen LogP contribution in [0.25, 0.3) is 0 Å². The summed E-state index contributed by atoms with van der Waals surface area (Å²) < 4.78 is 1.85. The van der Waals surface area contributed by atoms with Crippen LogP contribution in [0.5, 0.6) is 0 Å². The van der Waals surface area contributed by atoms with Gasteiger partial charge in [0.15, 0.2) is 5.96 Å². The van der Waals surface area contributed by atoms with Crippen LogP contribution in [0.3, 0.4) is 0 Å². The summed E-state index contributed by atoms with van der Waals surface area (Å²) in [5, 5.41) is 10.4. The third kappa shape index (κ3) is 5.31. The van der Waals surface area contributed by atoms with Gasteiger partial charge in [0.25, 0.3) is 0 Å². The number of carbonyl (C=O) groups excluding carboxylic acids is 1. The van der Waals surface area contributed by atoms with Gasteiger partial charge in [-0.2, -0.15) is 5.10 Å². The fourth-order valence-corrected chi connectivity index (χ4v) is 3.31. The third-order valence-corrected chi connectivity index (χ3v) is 4.80. The summed E-state index contributed by atoms with van der Waals surface area (Å²) in [6.07, 6.45) is 7.17. The maximum absolute atomic E-state index is 12.1. The highest BCUT2D eigenvalue weighted by Gasteiger charge is 2.26. The first-order valence-electron chi connectivity index (χ1n) is 9.79. The van der Waals surface area contributed by atoms with E-state index in [4.69, 9.17) is 0 Å². The quantitative estimate of drug-likeness (QED) is 0.588. The van der Waals surface area contributed by atoms with Crippen LogP contribution in [0, 0.1) is 6.92 Å². The molecule has 1 aliphatic rings. The van der Waals surface area contributed by atoms with Crippen molar-refractivity contribution < 1.29 is 4.79 Å². The number of nitrogens with zero attached hydrogens (tertiary/aromatic N) is 5. The van der Waals surface area contributed by atoms with Crippen molar-refractivity contribution in [1.29, 1.82) is 0 Å². The first kappa shape index (κ1) is 19.9.